The molecule has 5 nitrogen and oxygen atoms in total. The van der Waals surface area contributed by atoms with Gasteiger partial charge in [-0.3, -0.25) is 9.59 Å². The standard InChI is InChI=1S/C64H116O5/c1-3-5-7-9-11-13-15-17-19-20-21-22-23-24-25-26-27-28-29-30-31-32-33-34-35-36-37-38-39-40-41-42-43-45-46-48-50-52-54-56-58-63(66)68-61-62(60-65)69-64(67)59-57-55-53-51-49-47-44-18-16-14-12-10-8-6-4-2/h6,8,12,14,18,44,49,51,55,57,62,65H,3-5,7,9-11,13,15-17,19-43,45-48,50,52-54,56,58-61H2,1-2H3/b8-6-,14-12-,44-18-,51-49-,57-55-. The van der Waals surface area contributed by atoms with Gasteiger partial charge in [-0.25, -0.2) is 0 Å². The summed E-state index contributed by atoms with van der Waals surface area (Å²) >= 11 is 0. The quantitative estimate of drug-likeness (QED) is 0.0373. The van der Waals surface area contributed by atoms with Crippen molar-refractivity contribution in [3.63, 3.8) is 0 Å². The number of esters is 2. The average Bonchev–Trinajstić information content (AvgIpc) is 3.35. The molecule has 1 N–H and O–H groups in total. The number of carbonyl (C=O) groups is 2. The zero-order valence-electron chi connectivity index (χ0n) is 46.1. The number of allylic oxidation sites excluding steroid dienone is 9. The maximum absolute atomic E-state index is 12.2. The van der Waals surface area contributed by atoms with Crippen LogP contribution in [0.5, 0.6) is 0 Å². The Morgan fingerprint density at radius 3 is 0.884 bits per heavy atom. The van der Waals surface area contributed by atoms with Crippen molar-refractivity contribution in [3.05, 3.63) is 60.8 Å². The third-order valence-electron chi connectivity index (χ3n) is 13.6. The molecule has 5 heteroatoms. The zero-order chi connectivity index (χ0) is 49.9. The minimum absolute atomic E-state index is 0.105. The summed E-state index contributed by atoms with van der Waals surface area (Å²) < 4.78 is 10.6. The van der Waals surface area contributed by atoms with Crippen molar-refractivity contribution in [2.24, 2.45) is 0 Å². The molecule has 1 unspecified atom stereocenters. The van der Waals surface area contributed by atoms with Crippen molar-refractivity contribution in [2.45, 2.75) is 322 Å². The summed E-state index contributed by atoms with van der Waals surface area (Å²) in [7, 11) is 0. The molecular weight excluding hydrogens is 849 g/mol. The van der Waals surface area contributed by atoms with Gasteiger partial charge in [0.1, 0.15) is 6.61 Å². The van der Waals surface area contributed by atoms with Gasteiger partial charge in [-0.05, 0) is 38.5 Å². The molecule has 0 aromatic carbocycles. The van der Waals surface area contributed by atoms with Gasteiger partial charge in [-0.2, -0.15) is 0 Å². The highest BCUT2D eigenvalue weighted by Crippen LogP contribution is 2.18. The fourth-order valence-corrected chi connectivity index (χ4v) is 9.11. The summed E-state index contributed by atoms with van der Waals surface area (Å²) in [6, 6.07) is 0. The minimum atomic E-state index is -0.827. The van der Waals surface area contributed by atoms with Gasteiger partial charge in [0.2, 0.25) is 0 Å². The molecule has 0 aromatic rings. The number of hydrogen-bond donors (Lipinski definition) is 1. The Labute approximate surface area is 430 Å². The van der Waals surface area contributed by atoms with Gasteiger partial charge in [0.05, 0.1) is 13.0 Å². The van der Waals surface area contributed by atoms with Crippen molar-refractivity contribution in [1.29, 1.82) is 0 Å². The van der Waals surface area contributed by atoms with Crippen molar-refractivity contribution < 1.29 is 24.2 Å². The summed E-state index contributed by atoms with van der Waals surface area (Å²) in [6.45, 7) is 3.97. The van der Waals surface area contributed by atoms with Crippen LogP contribution in [0.4, 0.5) is 0 Å². The zero-order valence-corrected chi connectivity index (χ0v) is 46.1. The number of rotatable bonds is 56. The largest absolute Gasteiger partial charge is 0.462 e. The SMILES string of the molecule is CC/C=C\C/C=C\C/C=C\C/C=C\C/C=C\CC(=O)OC(CO)COC(=O)CCCCCCCCCCCCCCCCCCCCCCCCCCCCCCCCCCCCCCCCCC. The van der Waals surface area contributed by atoms with Gasteiger partial charge in [0.25, 0.3) is 0 Å². The van der Waals surface area contributed by atoms with E-state index < -0.39 is 12.1 Å². The van der Waals surface area contributed by atoms with Gasteiger partial charge < -0.3 is 14.6 Å². The van der Waals surface area contributed by atoms with Gasteiger partial charge in [-0.15, -0.1) is 0 Å². The third kappa shape index (κ3) is 58.1. The molecule has 0 fully saturated rings. The number of unbranched alkanes of at least 4 members (excludes halogenated alkanes) is 39. The summed E-state index contributed by atoms with van der Waals surface area (Å²) in [5, 5.41) is 9.60. The molecule has 69 heavy (non-hydrogen) atoms. The Morgan fingerprint density at radius 1 is 0.348 bits per heavy atom. The van der Waals surface area contributed by atoms with E-state index in [4.69, 9.17) is 9.47 Å². The molecule has 1 atom stereocenters. The molecule has 0 aliphatic rings. The van der Waals surface area contributed by atoms with Crippen LogP contribution >= 0.6 is 0 Å². The normalized spacial score (nSPS) is 12.6. The maximum atomic E-state index is 12.2. The number of aliphatic hydroxyl groups is 1. The van der Waals surface area contributed by atoms with Crippen LogP contribution in [0.1, 0.15) is 316 Å². The number of hydrogen-bond acceptors (Lipinski definition) is 5. The Kier molecular flexibility index (Phi) is 57.8. The molecule has 0 radical (unpaired) electrons. The van der Waals surface area contributed by atoms with E-state index in [1.54, 1.807) is 6.08 Å². The third-order valence-corrected chi connectivity index (χ3v) is 13.6. The highest BCUT2D eigenvalue weighted by atomic mass is 16.6. The molecule has 0 aromatic heterocycles. The monoisotopic (exact) mass is 965 g/mol. The summed E-state index contributed by atoms with van der Waals surface area (Å²) in [5.41, 5.74) is 0. The molecule has 0 saturated carbocycles. The fraction of sp³-hybridized carbons (Fsp3) is 0.812. The van der Waals surface area contributed by atoms with Gasteiger partial charge in [0.15, 0.2) is 6.10 Å². The lowest BCUT2D eigenvalue weighted by molar-refractivity contribution is -0.160. The van der Waals surface area contributed by atoms with Crippen LogP contribution in [0.15, 0.2) is 60.8 Å². The van der Waals surface area contributed by atoms with E-state index in [2.05, 4.69) is 62.5 Å². The smallest absolute Gasteiger partial charge is 0.310 e. The molecule has 0 rings (SSSR count). The molecule has 0 aliphatic heterocycles. The molecule has 0 amide bonds. The van der Waals surface area contributed by atoms with E-state index >= 15 is 0 Å². The van der Waals surface area contributed by atoms with Crippen molar-refractivity contribution >= 4 is 11.9 Å². The topological polar surface area (TPSA) is 72.8 Å². The molecule has 0 aliphatic carbocycles. The van der Waals surface area contributed by atoms with Crippen LogP contribution in [0.2, 0.25) is 0 Å². The van der Waals surface area contributed by atoms with E-state index in [1.807, 2.05) is 6.08 Å². The van der Waals surface area contributed by atoms with Crippen LogP contribution < -0.4 is 0 Å². The van der Waals surface area contributed by atoms with Gasteiger partial charge in [0, 0.05) is 6.42 Å². The van der Waals surface area contributed by atoms with Crippen molar-refractivity contribution in [1.82, 2.24) is 0 Å². The van der Waals surface area contributed by atoms with Crippen LogP contribution in [-0.2, 0) is 19.1 Å². The van der Waals surface area contributed by atoms with E-state index in [1.165, 1.54) is 238 Å². The van der Waals surface area contributed by atoms with Crippen LogP contribution in [0.3, 0.4) is 0 Å². The van der Waals surface area contributed by atoms with Crippen LogP contribution in [-0.4, -0.2) is 36.4 Å². The predicted octanol–water partition coefficient (Wildman–Crippen LogP) is 20.6. The second kappa shape index (κ2) is 59.9. The highest BCUT2D eigenvalue weighted by molar-refractivity contribution is 5.71. The Hall–Kier alpha value is -2.40. The number of ether oxygens (including phenoxy) is 2. The van der Waals surface area contributed by atoms with Crippen molar-refractivity contribution in [3.8, 4) is 0 Å². The Bertz CT molecular complexity index is 1180. The molecule has 0 heterocycles. The molecule has 0 bridgehead atoms. The van der Waals surface area contributed by atoms with Gasteiger partial charge in [-0.1, -0.05) is 325 Å². The van der Waals surface area contributed by atoms with E-state index in [0.717, 1.165) is 51.4 Å². The first-order valence-electron chi connectivity index (χ1n) is 30.3. The first-order chi connectivity index (χ1) is 34.1. The lowest BCUT2D eigenvalue weighted by Gasteiger charge is -2.15. The number of aliphatic hydroxyl groups excluding tert-OH is 1. The van der Waals surface area contributed by atoms with Crippen LogP contribution in [0, 0.1) is 0 Å². The van der Waals surface area contributed by atoms with Gasteiger partial charge >= 0.3 is 11.9 Å². The fourth-order valence-electron chi connectivity index (χ4n) is 9.11. The first kappa shape index (κ1) is 66.6. The molecule has 0 spiro atoms. The lowest BCUT2D eigenvalue weighted by Crippen LogP contribution is -2.28. The molecule has 0 saturated heterocycles. The van der Waals surface area contributed by atoms with E-state index in [-0.39, 0.29) is 25.6 Å². The maximum Gasteiger partial charge on any atom is 0.310 e. The molecular formula is C64H116O5. The Morgan fingerprint density at radius 2 is 0.609 bits per heavy atom. The van der Waals surface area contributed by atoms with E-state index in [0.29, 0.717) is 6.42 Å². The lowest BCUT2D eigenvalue weighted by atomic mass is 10.0. The second-order valence-electron chi connectivity index (χ2n) is 20.4. The van der Waals surface area contributed by atoms with Crippen LogP contribution in [0.25, 0.3) is 0 Å². The highest BCUT2D eigenvalue weighted by Gasteiger charge is 2.15. The summed E-state index contributed by atoms with van der Waals surface area (Å²) in [6.07, 6.45) is 81.4. The summed E-state index contributed by atoms with van der Waals surface area (Å²) in [4.78, 5) is 24.4. The van der Waals surface area contributed by atoms with E-state index in [9.17, 15) is 14.7 Å². The first-order valence-corrected chi connectivity index (χ1v) is 30.3. The van der Waals surface area contributed by atoms with Crippen molar-refractivity contribution in [2.75, 3.05) is 13.2 Å². The second-order valence-corrected chi connectivity index (χ2v) is 20.4. The summed E-state index contributed by atoms with van der Waals surface area (Å²) in [5.74, 6) is -0.729. The number of carbonyl (C=O) groups excluding carboxylic acids is 2. The molecule has 402 valence electrons. The predicted molar refractivity (Wildman–Crippen MR) is 302 cm³/mol. The average molecular weight is 966 g/mol. The Balaban J connectivity index is 3.38. The minimum Gasteiger partial charge on any atom is -0.462 e.